The first-order chi connectivity index (χ1) is 9.83. The van der Waals surface area contributed by atoms with Gasteiger partial charge in [-0.3, -0.25) is 0 Å². The van der Waals surface area contributed by atoms with E-state index in [0.717, 1.165) is 28.0 Å². The zero-order valence-corrected chi connectivity index (χ0v) is 15.1. The molecule has 2 aromatic heterocycles. The maximum Gasteiger partial charge on any atom is 0.134 e. The smallest absolute Gasteiger partial charge is 0.134 e. The van der Waals surface area contributed by atoms with E-state index in [0.29, 0.717) is 18.1 Å². The fourth-order valence-electron chi connectivity index (χ4n) is 2.04. The van der Waals surface area contributed by atoms with E-state index in [4.69, 9.17) is 10.5 Å². The maximum atomic E-state index is 9.24. The Hall–Kier alpha value is -1.36. The molecule has 112 valence electrons. The number of nitrogens with zero attached hydrogens (tertiary/aromatic N) is 3. The van der Waals surface area contributed by atoms with Gasteiger partial charge in [-0.15, -0.1) is 0 Å². The summed E-state index contributed by atoms with van der Waals surface area (Å²) in [5.74, 6) is 0.414. The van der Waals surface area contributed by atoms with E-state index in [1.165, 1.54) is 6.20 Å². The molecule has 0 saturated carbocycles. The van der Waals surface area contributed by atoms with Gasteiger partial charge in [0.25, 0.3) is 0 Å². The number of ether oxygens (including phenoxy) is 1. The van der Waals surface area contributed by atoms with Crippen LogP contribution >= 0.6 is 15.9 Å². The monoisotopic (exact) mass is 366 g/mol. The molecule has 5 nitrogen and oxygen atoms in total. The molecule has 21 heavy (non-hydrogen) atoms. The quantitative estimate of drug-likeness (QED) is 0.648. The average Bonchev–Trinajstić information content (AvgIpc) is 2.73. The minimum Gasteiger partial charge on any atom is -0.383 e. The van der Waals surface area contributed by atoms with Gasteiger partial charge in [0.15, 0.2) is 0 Å². The normalized spacial score (nSPS) is 11.8. The minimum atomic E-state index is -1.10. The molecule has 2 aromatic rings. The van der Waals surface area contributed by atoms with Crippen molar-refractivity contribution in [2.45, 2.75) is 32.4 Å². The van der Waals surface area contributed by atoms with E-state index in [1.807, 2.05) is 10.8 Å². The fourth-order valence-corrected chi connectivity index (χ4v) is 3.44. The van der Waals surface area contributed by atoms with Crippen LogP contribution in [-0.4, -0.2) is 24.2 Å². The standard InChI is InChI=1S/C14H19BrN4OSi/c1-21(2,3)5-4-20-9-19-8-11(15)12-13(19)10(6-16)7-18-14(12)17/h7-8H,4-5,9H2,1-3H3,(H2,17,18). The molecule has 2 heterocycles. The summed E-state index contributed by atoms with van der Waals surface area (Å²) in [4.78, 5) is 4.06. The summed E-state index contributed by atoms with van der Waals surface area (Å²) in [6.45, 7) is 8.09. The molecule has 2 N–H and O–H groups in total. The third kappa shape index (κ3) is 3.64. The van der Waals surface area contributed by atoms with Crippen molar-refractivity contribution in [3.05, 3.63) is 22.4 Å². The molecule has 0 atom stereocenters. The third-order valence-electron chi connectivity index (χ3n) is 3.22. The number of halogens is 1. The topological polar surface area (TPSA) is 76.9 Å². The fraction of sp³-hybridized carbons (Fsp3) is 0.429. The molecule has 7 heteroatoms. The van der Waals surface area contributed by atoms with Crippen molar-refractivity contribution in [1.82, 2.24) is 9.55 Å². The number of nitrogens with two attached hydrogens (primary N) is 1. The van der Waals surface area contributed by atoms with Crippen LogP contribution in [0.25, 0.3) is 10.9 Å². The third-order valence-corrected chi connectivity index (χ3v) is 5.53. The molecular formula is C14H19BrN4OSi. The van der Waals surface area contributed by atoms with Crippen molar-refractivity contribution in [3.63, 3.8) is 0 Å². The highest BCUT2D eigenvalue weighted by Gasteiger charge is 2.16. The molecule has 0 radical (unpaired) electrons. The van der Waals surface area contributed by atoms with Crippen LogP contribution in [0.4, 0.5) is 5.82 Å². The molecule has 0 saturated heterocycles. The number of anilines is 1. The van der Waals surface area contributed by atoms with Crippen LogP contribution in [0.1, 0.15) is 5.56 Å². The minimum absolute atomic E-state index is 0.407. The van der Waals surface area contributed by atoms with Gasteiger partial charge in [0, 0.05) is 31.5 Å². The molecule has 0 aliphatic rings. The average molecular weight is 367 g/mol. The number of fused-ring (bicyclic) bond motifs is 1. The summed E-state index contributed by atoms with van der Waals surface area (Å²) in [7, 11) is -1.10. The summed E-state index contributed by atoms with van der Waals surface area (Å²) >= 11 is 3.47. The van der Waals surface area contributed by atoms with Gasteiger partial charge >= 0.3 is 0 Å². The molecular weight excluding hydrogens is 348 g/mol. The van der Waals surface area contributed by atoms with Crippen LogP contribution in [0.5, 0.6) is 0 Å². The van der Waals surface area contributed by atoms with E-state index >= 15 is 0 Å². The molecule has 0 aromatic carbocycles. The first-order valence-corrected chi connectivity index (χ1v) is 11.2. The Kier molecular flexibility index (Phi) is 4.71. The number of nitrogen functional groups attached to an aromatic ring is 1. The lowest BCUT2D eigenvalue weighted by atomic mass is 10.2. The van der Waals surface area contributed by atoms with Crippen molar-refractivity contribution in [2.24, 2.45) is 0 Å². The number of aromatic nitrogens is 2. The lowest BCUT2D eigenvalue weighted by Gasteiger charge is -2.16. The largest absolute Gasteiger partial charge is 0.383 e. The summed E-state index contributed by atoms with van der Waals surface area (Å²) in [5, 5.41) is 10.0. The highest BCUT2D eigenvalue weighted by atomic mass is 79.9. The van der Waals surface area contributed by atoms with E-state index < -0.39 is 8.07 Å². The molecule has 0 amide bonds. The van der Waals surface area contributed by atoms with Gasteiger partial charge in [-0.1, -0.05) is 19.6 Å². The van der Waals surface area contributed by atoms with E-state index in [9.17, 15) is 5.26 Å². The van der Waals surface area contributed by atoms with Gasteiger partial charge in [0.1, 0.15) is 18.6 Å². The Labute approximate surface area is 133 Å². The lowest BCUT2D eigenvalue weighted by molar-refractivity contribution is 0.0901. The second-order valence-corrected chi connectivity index (χ2v) is 12.7. The van der Waals surface area contributed by atoms with E-state index in [2.05, 4.69) is 46.6 Å². The summed E-state index contributed by atoms with van der Waals surface area (Å²) in [5.41, 5.74) is 7.17. The molecule has 0 aliphatic heterocycles. The van der Waals surface area contributed by atoms with Crippen LogP contribution < -0.4 is 5.73 Å². The first kappa shape index (κ1) is 16.0. The number of hydrogen-bond acceptors (Lipinski definition) is 4. The van der Waals surface area contributed by atoms with Crippen LogP contribution in [0.3, 0.4) is 0 Å². The van der Waals surface area contributed by atoms with Crippen LogP contribution in [-0.2, 0) is 11.5 Å². The van der Waals surface area contributed by atoms with Crippen LogP contribution in [0.15, 0.2) is 16.9 Å². The van der Waals surface area contributed by atoms with Gasteiger partial charge in [-0.25, -0.2) is 4.98 Å². The second kappa shape index (κ2) is 6.18. The Morgan fingerprint density at radius 1 is 1.48 bits per heavy atom. The molecule has 0 spiro atoms. The van der Waals surface area contributed by atoms with Crippen molar-refractivity contribution >= 4 is 40.7 Å². The highest BCUT2D eigenvalue weighted by Crippen LogP contribution is 2.31. The molecule has 0 unspecified atom stereocenters. The van der Waals surface area contributed by atoms with E-state index in [-0.39, 0.29) is 0 Å². The Bertz CT molecular complexity index is 700. The second-order valence-electron chi connectivity index (χ2n) is 6.19. The van der Waals surface area contributed by atoms with Gasteiger partial charge in [-0.2, -0.15) is 5.26 Å². The SMILES string of the molecule is C[Si](C)(C)CCOCn1cc(Br)c2c(N)ncc(C#N)c21. The Balaban J connectivity index is 2.25. The van der Waals surface area contributed by atoms with Crippen molar-refractivity contribution < 1.29 is 4.74 Å². The van der Waals surface area contributed by atoms with Gasteiger partial charge in [-0.05, 0) is 22.0 Å². The predicted molar refractivity (Wildman–Crippen MR) is 90.7 cm³/mol. The number of nitriles is 1. The van der Waals surface area contributed by atoms with Crippen molar-refractivity contribution in [1.29, 1.82) is 5.26 Å². The zero-order valence-electron chi connectivity index (χ0n) is 12.5. The number of hydrogen-bond donors (Lipinski definition) is 1. The summed E-state index contributed by atoms with van der Waals surface area (Å²) < 4.78 is 8.49. The van der Waals surface area contributed by atoms with Crippen molar-refractivity contribution in [2.75, 3.05) is 12.3 Å². The number of pyridine rings is 1. The summed E-state index contributed by atoms with van der Waals surface area (Å²) in [6, 6.07) is 3.27. The number of rotatable bonds is 5. The van der Waals surface area contributed by atoms with Gasteiger partial charge in [0.05, 0.1) is 16.5 Å². The maximum absolute atomic E-state index is 9.24. The van der Waals surface area contributed by atoms with Crippen LogP contribution in [0, 0.1) is 11.3 Å². The Morgan fingerprint density at radius 2 is 2.19 bits per heavy atom. The Morgan fingerprint density at radius 3 is 2.81 bits per heavy atom. The van der Waals surface area contributed by atoms with Gasteiger partial charge in [0.2, 0.25) is 0 Å². The molecule has 0 bridgehead atoms. The molecule has 0 fully saturated rings. The van der Waals surface area contributed by atoms with Gasteiger partial charge < -0.3 is 15.0 Å². The lowest BCUT2D eigenvalue weighted by Crippen LogP contribution is -2.22. The van der Waals surface area contributed by atoms with E-state index in [1.54, 1.807) is 0 Å². The first-order valence-electron chi connectivity index (χ1n) is 6.74. The molecule has 0 aliphatic carbocycles. The predicted octanol–water partition coefficient (Wildman–Crippen LogP) is 3.56. The molecule has 2 rings (SSSR count). The zero-order chi connectivity index (χ0) is 15.6. The highest BCUT2D eigenvalue weighted by molar-refractivity contribution is 9.10. The van der Waals surface area contributed by atoms with Crippen LogP contribution in [0.2, 0.25) is 25.7 Å². The van der Waals surface area contributed by atoms with Crippen molar-refractivity contribution in [3.8, 4) is 6.07 Å². The summed E-state index contributed by atoms with van der Waals surface area (Å²) in [6.07, 6.45) is 3.39.